The molecule has 2 aromatic heterocycles. The normalized spacial score (nSPS) is 10.8. The van der Waals surface area contributed by atoms with Crippen LogP contribution in [0.2, 0.25) is 0 Å². The molecule has 0 radical (unpaired) electrons. The van der Waals surface area contributed by atoms with Gasteiger partial charge in [0, 0.05) is 17.5 Å². The number of ether oxygens (including phenoxy) is 1. The van der Waals surface area contributed by atoms with Gasteiger partial charge in [-0.05, 0) is 19.1 Å². The van der Waals surface area contributed by atoms with Crippen LogP contribution in [0.25, 0.3) is 11.3 Å². The summed E-state index contributed by atoms with van der Waals surface area (Å²) in [4.78, 5) is 17.0. The fraction of sp³-hybridized carbons (Fsp3) is 0.167. The lowest BCUT2D eigenvalue weighted by Gasteiger charge is -2.09. The number of nitrogens with one attached hydrogen (secondary N) is 1. The monoisotopic (exact) mass is 495 g/mol. The van der Waals surface area contributed by atoms with Gasteiger partial charge >= 0.3 is 0 Å². The van der Waals surface area contributed by atoms with Crippen molar-refractivity contribution in [2.24, 2.45) is 0 Å². The number of para-hydroxylation sites is 1. The number of benzene rings is 2. The molecular weight excluding hydrogens is 473 g/mol. The third kappa shape index (κ3) is 5.89. The lowest BCUT2D eigenvalue weighted by atomic mass is 10.1. The van der Waals surface area contributed by atoms with Crippen LogP contribution < -0.4 is 10.1 Å². The van der Waals surface area contributed by atoms with Crippen LogP contribution in [-0.4, -0.2) is 31.4 Å². The summed E-state index contributed by atoms with van der Waals surface area (Å²) in [6.07, 6.45) is 1.70. The summed E-state index contributed by atoms with van der Waals surface area (Å²) in [7, 11) is 0. The Morgan fingerprint density at radius 2 is 2.03 bits per heavy atom. The Morgan fingerprint density at radius 3 is 2.79 bits per heavy atom. The molecule has 0 fully saturated rings. The molecule has 10 heteroatoms. The summed E-state index contributed by atoms with van der Waals surface area (Å²) in [6, 6.07) is 14.2. The number of hydrogen-bond acceptors (Lipinski definition) is 7. The molecule has 2 heterocycles. The zero-order chi connectivity index (χ0) is 23.9. The molecule has 4 aromatic rings. The van der Waals surface area contributed by atoms with Gasteiger partial charge in [-0.2, -0.15) is 0 Å². The number of carbonyl (C=O) groups excluding carboxylic acids is 1. The quantitative estimate of drug-likeness (QED) is 0.236. The second kappa shape index (κ2) is 11.1. The van der Waals surface area contributed by atoms with Gasteiger partial charge in [-0.1, -0.05) is 59.8 Å². The van der Waals surface area contributed by atoms with E-state index in [9.17, 15) is 9.18 Å². The van der Waals surface area contributed by atoms with E-state index in [0.29, 0.717) is 22.7 Å². The molecule has 4 rings (SSSR count). The second-order valence-electron chi connectivity index (χ2n) is 7.26. The average Bonchev–Trinajstić information content (AvgIpc) is 3.45. The van der Waals surface area contributed by atoms with E-state index in [0.717, 1.165) is 11.3 Å². The molecule has 0 unspecified atom stereocenters. The molecule has 1 amide bonds. The summed E-state index contributed by atoms with van der Waals surface area (Å²) < 4.78 is 21.1. The number of aromatic nitrogens is 4. The number of aryl methyl sites for hydroxylation is 1. The molecule has 0 aliphatic heterocycles. The van der Waals surface area contributed by atoms with E-state index in [1.165, 1.54) is 34.7 Å². The van der Waals surface area contributed by atoms with Gasteiger partial charge in [0.05, 0.1) is 11.4 Å². The van der Waals surface area contributed by atoms with Crippen LogP contribution in [0.3, 0.4) is 0 Å². The maximum absolute atomic E-state index is 13.8. The predicted molar refractivity (Wildman–Crippen MR) is 133 cm³/mol. The van der Waals surface area contributed by atoms with Gasteiger partial charge in [0.15, 0.2) is 27.7 Å². The highest BCUT2D eigenvalue weighted by atomic mass is 32.2. The van der Waals surface area contributed by atoms with E-state index in [2.05, 4.69) is 27.1 Å². The minimum atomic E-state index is -0.448. The topological polar surface area (TPSA) is 81.9 Å². The fourth-order valence-corrected chi connectivity index (χ4v) is 4.53. The first-order valence-corrected chi connectivity index (χ1v) is 12.3. The average molecular weight is 496 g/mol. The summed E-state index contributed by atoms with van der Waals surface area (Å²) in [5, 5.41) is 14.1. The van der Waals surface area contributed by atoms with Crippen LogP contribution in [0.4, 0.5) is 9.52 Å². The van der Waals surface area contributed by atoms with Crippen LogP contribution in [0, 0.1) is 12.7 Å². The lowest BCUT2D eigenvalue weighted by molar-refractivity contribution is -0.113. The molecule has 0 aliphatic carbocycles. The highest BCUT2D eigenvalue weighted by molar-refractivity contribution is 7.99. The van der Waals surface area contributed by atoms with Crippen molar-refractivity contribution in [3.8, 4) is 17.0 Å². The first kappa shape index (κ1) is 23.7. The molecule has 0 atom stereocenters. The Morgan fingerprint density at radius 1 is 1.24 bits per heavy atom. The van der Waals surface area contributed by atoms with Crippen LogP contribution in [-0.2, 0) is 17.9 Å². The number of allylic oxidation sites excluding steroid dienone is 1. The van der Waals surface area contributed by atoms with Gasteiger partial charge < -0.3 is 10.1 Å². The highest BCUT2D eigenvalue weighted by Gasteiger charge is 2.16. The Balaban J connectivity index is 1.35. The first-order chi connectivity index (χ1) is 16.5. The molecule has 0 saturated carbocycles. The predicted octanol–water partition coefficient (Wildman–Crippen LogP) is 5.34. The SMILES string of the molecule is C=CCn1c(COc2ccccc2F)nnc1SCC(=O)Nc1nc(-c2ccc(C)cc2)cs1. The Hall–Kier alpha value is -3.50. The van der Waals surface area contributed by atoms with Gasteiger partial charge in [-0.3, -0.25) is 9.36 Å². The van der Waals surface area contributed by atoms with Crippen molar-refractivity contribution in [3.05, 3.63) is 83.8 Å². The largest absolute Gasteiger partial charge is 0.483 e. The van der Waals surface area contributed by atoms with Gasteiger partial charge in [0.25, 0.3) is 0 Å². The van der Waals surface area contributed by atoms with Crippen LogP contribution in [0.15, 0.2) is 71.7 Å². The van der Waals surface area contributed by atoms with Crippen LogP contribution >= 0.6 is 23.1 Å². The van der Waals surface area contributed by atoms with E-state index in [1.54, 1.807) is 28.8 Å². The van der Waals surface area contributed by atoms with Gasteiger partial charge in [0.2, 0.25) is 5.91 Å². The number of anilines is 1. The van der Waals surface area contributed by atoms with Crippen molar-refractivity contribution >= 4 is 34.1 Å². The third-order valence-corrected chi connectivity index (χ3v) is 6.45. The molecular formula is C24H22FN5O2S2. The van der Waals surface area contributed by atoms with Crippen molar-refractivity contribution in [2.45, 2.75) is 25.2 Å². The molecule has 34 heavy (non-hydrogen) atoms. The van der Waals surface area contributed by atoms with E-state index >= 15 is 0 Å². The Kier molecular flexibility index (Phi) is 7.71. The maximum atomic E-state index is 13.8. The second-order valence-corrected chi connectivity index (χ2v) is 9.06. The van der Waals surface area contributed by atoms with E-state index < -0.39 is 5.82 Å². The number of halogens is 1. The number of nitrogens with zero attached hydrogens (tertiary/aromatic N) is 4. The molecule has 0 aliphatic rings. The van der Waals surface area contributed by atoms with Gasteiger partial charge in [-0.15, -0.1) is 28.1 Å². The fourth-order valence-electron chi connectivity index (χ4n) is 3.02. The standard InChI is InChI=1S/C24H22FN5O2S2/c1-3-12-30-21(13-32-20-7-5-4-6-18(20)25)28-29-24(30)34-15-22(31)27-23-26-19(14-33-23)17-10-8-16(2)9-11-17/h3-11,14H,1,12-13,15H2,2H3,(H,26,27,31). The highest BCUT2D eigenvalue weighted by Crippen LogP contribution is 2.26. The lowest BCUT2D eigenvalue weighted by Crippen LogP contribution is -2.15. The molecule has 0 spiro atoms. The van der Waals surface area contributed by atoms with Crippen molar-refractivity contribution in [1.82, 2.24) is 19.7 Å². The Bertz CT molecular complexity index is 1290. The molecule has 7 nitrogen and oxygen atoms in total. The molecule has 1 N–H and O–H groups in total. The van der Waals surface area contributed by atoms with E-state index in [-0.39, 0.29) is 24.0 Å². The van der Waals surface area contributed by atoms with Crippen molar-refractivity contribution in [3.63, 3.8) is 0 Å². The number of amides is 1. The Labute approximate surface area is 204 Å². The van der Waals surface area contributed by atoms with E-state index in [4.69, 9.17) is 4.74 Å². The van der Waals surface area contributed by atoms with E-state index in [1.807, 2.05) is 36.6 Å². The number of carbonyl (C=O) groups is 1. The summed E-state index contributed by atoms with van der Waals surface area (Å²) in [5.74, 6) is 0.123. The maximum Gasteiger partial charge on any atom is 0.236 e. The van der Waals surface area contributed by atoms with Crippen molar-refractivity contribution < 1.29 is 13.9 Å². The third-order valence-electron chi connectivity index (χ3n) is 4.73. The minimum absolute atomic E-state index is 0.0371. The summed E-state index contributed by atoms with van der Waals surface area (Å²) >= 11 is 2.62. The van der Waals surface area contributed by atoms with Crippen molar-refractivity contribution in [1.29, 1.82) is 0 Å². The summed E-state index contributed by atoms with van der Waals surface area (Å²) in [5.41, 5.74) is 2.99. The molecule has 2 aromatic carbocycles. The summed E-state index contributed by atoms with van der Waals surface area (Å²) in [6.45, 7) is 6.26. The number of thiazole rings is 1. The molecule has 174 valence electrons. The number of hydrogen-bond donors (Lipinski definition) is 1. The minimum Gasteiger partial charge on any atom is -0.483 e. The number of thioether (sulfide) groups is 1. The number of rotatable bonds is 10. The van der Waals surface area contributed by atoms with Crippen molar-refractivity contribution in [2.75, 3.05) is 11.1 Å². The smallest absolute Gasteiger partial charge is 0.236 e. The van der Waals surface area contributed by atoms with Crippen LogP contribution in [0.1, 0.15) is 11.4 Å². The molecule has 0 saturated heterocycles. The molecule has 0 bridgehead atoms. The van der Waals surface area contributed by atoms with Gasteiger partial charge in [0.1, 0.15) is 6.61 Å². The van der Waals surface area contributed by atoms with Crippen LogP contribution in [0.5, 0.6) is 5.75 Å². The first-order valence-electron chi connectivity index (χ1n) is 10.4. The zero-order valence-electron chi connectivity index (χ0n) is 18.4. The zero-order valence-corrected chi connectivity index (χ0v) is 20.0. The van der Waals surface area contributed by atoms with Gasteiger partial charge in [-0.25, -0.2) is 9.37 Å².